The van der Waals surface area contributed by atoms with E-state index in [0.717, 1.165) is 0 Å². The summed E-state index contributed by atoms with van der Waals surface area (Å²) in [6, 6.07) is 6.92. The predicted octanol–water partition coefficient (Wildman–Crippen LogP) is 5.90. The lowest BCUT2D eigenvalue weighted by atomic mass is 9.93. The van der Waals surface area contributed by atoms with Crippen LogP contribution in [-0.4, -0.2) is 0 Å². The van der Waals surface area contributed by atoms with E-state index in [1.807, 2.05) is 11.3 Å². The lowest BCUT2D eigenvalue weighted by Gasteiger charge is -2.13. The second-order valence-corrected chi connectivity index (χ2v) is 7.02. The fraction of sp³-hybridized carbons (Fsp3) is 0.368. The smallest absolute Gasteiger partial charge is 0.0387 e. The molecule has 1 aromatic heterocycles. The summed E-state index contributed by atoms with van der Waals surface area (Å²) in [5, 5.41) is 1.52. The standard InChI is InChI=1S/C19H20S/c1-2-7-14(8-3-1)13-15-9-6-11-17-16-10-4-5-12-18(16)20-19(15)17/h5-7,9,11-12H,1-4,8,10,13H2. The topological polar surface area (TPSA) is 0 Å². The Balaban J connectivity index is 1.78. The minimum atomic E-state index is 1.17. The highest BCUT2D eigenvalue weighted by Crippen LogP contribution is 2.38. The first-order valence-electron chi connectivity index (χ1n) is 7.79. The van der Waals surface area contributed by atoms with Gasteiger partial charge in [-0.3, -0.25) is 0 Å². The van der Waals surface area contributed by atoms with Crippen LogP contribution in [0.4, 0.5) is 0 Å². The van der Waals surface area contributed by atoms with Crippen molar-refractivity contribution in [3.63, 3.8) is 0 Å². The minimum absolute atomic E-state index is 1.17. The van der Waals surface area contributed by atoms with Gasteiger partial charge in [0.05, 0.1) is 0 Å². The van der Waals surface area contributed by atoms with Crippen LogP contribution in [0.2, 0.25) is 0 Å². The van der Waals surface area contributed by atoms with Crippen LogP contribution in [0, 0.1) is 0 Å². The highest BCUT2D eigenvalue weighted by Gasteiger charge is 2.15. The van der Waals surface area contributed by atoms with Crippen LogP contribution < -0.4 is 0 Å². The van der Waals surface area contributed by atoms with E-state index in [1.165, 1.54) is 59.9 Å². The average Bonchev–Trinajstić information content (AvgIpc) is 2.88. The zero-order valence-electron chi connectivity index (χ0n) is 11.8. The first kappa shape index (κ1) is 12.4. The first-order valence-corrected chi connectivity index (χ1v) is 8.61. The van der Waals surface area contributed by atoms with Crippen LogP contribution in [0.15, 0.2) is 35.9 Å². The Morgan fingerprint density at radius 2 is 2.05 bits per heavy atom. The molecule has 0 nitrogen and oxygen atoms in total. The van der Waals surface area contributed by atoms with Gasteiger partial charge in [-0.05, 0) is 67.5 Å². The van der Waals surface area contributed by atoms with Crippen LogP contribution >= 0.6 is 11.3 Å². The molecule has 1 aromatic carbocycles. The summed E-state index contributed by atoms with van der Waals surface area (Å²) in [6.07, 6.45) is 16.1. The molecule has 2 aliphatic rings. The minimum Gasteiger partial charge on any atom is -0.135 e. The number of hydrogen-bond donors (Lipinski definition) is 0. The van der Waals surface area contributed by atoms with Crippen molar-refractivity contribution in [2.75, 3.05) is 0 Å². The van der Waals surface area contributed by atoms with E-state index >= 15 is 0 Å². The Morgan fingerprint density at radius 3 is 2.95 bits per heavy atom. The summed E-state index contributed by atoms with van der Waals surface area (Å²) in [7, 11) is 0. The van der Waals surface area contributed by atoms with Gasteiger partial charge in [0.1, 0.15) is 0 Å². The molecule has 0 amide bonds. The van der Waals surface area contributed by atoms with Crippen LogP contribution in [0.25, 0.3) is 16.2 Å². The lowest BCUT2D eigenvalue weighted by molar-refractivity contribution is 0.689. The molecule has 102 valence electrons. The van der Waals surface area contributed by atoms with Crippen molar-refractivity contribution in [2.24, 2.45) is 0 Å². The molecule has 0 radical (unpaired) electrons. The molecule has 0 bridgehead atoms. The summed E-state index contributed by atoms with van der Waals surface area (Å²) < 4.78 is 1.54. The molecule has 0 spiro atoms. The monoisotopic (exact) mass is 280 g/mol. The zero-order chi connectivity index (χ0) is 13.4. The molecular weight excluding hydrogens is 260 g/mol. The number of fused-ring (bicyclic) bond motifs is 3. The maximum absolute atomic E-state index is 2.48. The third kappa shape index (κ3) is 2.14. The Labute approximate surface area is 124 Å². The van der Waals surface area contributed by atoms with E-state index in [1.54, 1.807) is 16.7 Å². The summed E-state index contributed by atoms with van der Waals surface area (Å²) >= 11 is 2.00. The van der Waals surface area contributed by atoms with Crippen LogP contribution in [0.3, 0.4) is 0 Å². The number of benzene rings is 1. The van der Waals surface area contributed by atoms with E-state index < -0.39 is 0 Å². The Morgan fingerprint density at radius 1 is 1.05 bits per heavy atom. The number of hydrogen-bond acceptors (Lipinski definition) is 1. The molecule has 1 heterocycles. The fourth-order valence-corrected chi connectivity index (χ4v) is 4.80. The van der Waals surface area contributed by atoms with Gasteiger partial charge in [-0.25, -0.2) is 0 Å². The summed E-state index contributed by atoms with van der Waals surface area (Å²) in [4.78, 5) is 1.50. The van der Waals surface area contributed by atoms with Crippen molar-refractivity contribution in [2.45, 2.75) is 44.9 Å². The molecule has 0 saturated heterocycles. The molecule has 1 heteroatoms. The number of allylic oxidation sites excluding steroid dienone is 3. The quantitative estimate of drug-likeness (QED) is 0.600. The van der Waals surface area contributed by atoms with Crippen molar-refractivity contribution < 1.29 is 0 Å². The zero-order valence-corrected chi connectivity index (χ0v) is 12.6. The third-order valence-electron chi connectivity index (χ3n) is 4.56. The van der Waals surface area contributed by atoms with E-state index in [4.69, 9.17) is 0 Å². The maximum Gasteiger partial charge on any atom is 0.0387 e. The Hall–Kier alpha value is -1.34. The molecule has 20 heavy (non-hydrogen) atoms. The van der Waals surface area contributed by atoms with Crippen LogP contribution in [-0.2, 0) is 12.8 Å². The van der Waals surface area contributed by atoms with Crippen molar-refractivity contribution in [3.8, 4) is 0 Å². The maximum atomic E-state index is 2.48. The molecule has 2 aromatic rings. The van der Waals surface area contributed by atoms with Crippen LogP contribution in [0.5, 0.6) is 0 Å². The molecule has 0 unspecified atom stereocenters. The van der Waals surface area contributed by atoms with E-state index in [0.29, 0.717) is 0 Å². The summed E-state index contributed by atoms with van der Waals surface area (Å²) in [5.41, 5.74) is 4.79. The largest absolute Gasteiger partial charge is 0.135 e. The molecule has 4 rings (SSSR count). The predicted molar refractivity (Wildman–Crippen MR) is 89.4 cm³/mol. The van der Waals surface area contributed by atoms with Gasteiger partial charge in [-0.2, -0.15) is 0 Å². The summed E-state index contributed by atoms with van der Waals surface area (Å²) in [6.45, 7) is 0. The van der Waals surface area contributed by atoms with Crippen molar-refractivity contribution in [1.29, 1.82) is 0 Å². The molecule has 0 aliphatic heterocycles. The molecular formula is C19H20S. The molecule has 2 aliphatic carbocycles. The molecule has 0 N–H and O–H groups in total. The van der Waals surface area contributed by atoms with Gasteiger partial charge in [-0.15, -0.1) is 11.3 Å². The van der Waals surface area contributed by atoms with Crippen LogP contribution in [0.1, 0.15) is 48.1 Å². The van der Waals surface area contributed by atoms with E-state index in [-0.39, 0.29) is 0 Å². The average molecular weight is 280 g/mol. The van der Waals surface area contributed by atoms with Crippen molar-refractivity contribution in [3.05, 3.63) is 51.9 Å². The van der Waals surface area contributed by atoms with E-state index in [2.05, 4.69) is 36.4 Å². The first-order chi connectivity index (χ1) is 9.92. The molecule has 0 atom stereocenters. The van der Waals surface area contributed by atoms with Crippen molar-refractivity contribution in [1.82, 2.24) is 0 Å². The van der Waals surface area contributed by atoms with Gasteiger partial charge in [0.25, 0.3) is 0 Å². The van der Waals surface area contributed by atoms with Gasteiger partial charge >= 0.3 is 0 Å². The number of rotatable bonds is 2. The Bertz CT molecular complexity index is 700. The van der Waals surface area contributed by atoms with Gasteiger partial charge in [-0.1, -0.05) is 35.9 Å². The molecule has 0 saturated carbocycles. The van der Waals surface area contributed by atoms with Gasteiger partial charge in [0.15, 0.2) is 0 Å². The fourth-order valence-electron chi connectivity index (χ4n) is 3.51. The second kappa shape index (κ2) is 5.21. The SMILES string of the molecule is C1=Cc2sc3c(CC4=CCCCC4)cccc3c2CC1. The lowest BCUT2D eigenvalue weighted by Crippen LogP contribution is -1.96. The third-order valence-corrected chi connectivity index (χ3v) is 5.85. The second-order valence-electron chi connectivity index (χ2n) is 5.96. The van der Waals surface area contributed by atoms with Gasteiger partial charge < -0.3 is 0 Å². The van der Waals surface area contributed by atoms with Crippen molar-refractivity contribution >= 4 is 27.5 Å². The van der Waals surface area contributed by atoms with Gasteiger partial charge in [0.2, 0.25) is 0 Å². The summed E-state index contributed by atoms with van der Waals surface area (Å²) in [5.74, 6) is 0. The molecule has 0 fully saturated rings. The van der Waals surface area contributed by atoms with E-state index in [9.17, 15) is 0 Å². The normalized spacial score (nSPS) is 18.1. The highest BCUT2D eigenvalue weighted by molar-refractivity contribution is 7.20. The number of thiophene rings is 1. The highest BCUT2D eigenvalue weighted by atomic mass is 32.1. The van der Waals surface area contributed by atoms with Gasteiger partial charge in [0, 0.05) is 9.58 Å². The Kier molecular flexibility index (Phi) is 3.23. The number of aryl methyl sites for hydroxylation is 1.